The van der Waals surface area contributed by atoms with E-state index in [1.807, 2.05) is 0 Å². The van der Waals surface area contributed by atoms with Crippen LogP contribution < -0.4 is 0 Å². The van der Waals surface area contributed by atoms with Crippen LogP contribution in [0.25, 0.3) is 0 Å². The summed E-state index contributed by atoms with van der Waals surface area (Å²) in [4.78, 5) is 2.19. The smallest absolute Gasteiger partial charge is 0.122 e. The Labute approximate surface area is 62.2 Å². The van der Waals surface area contributed by atoms with Crippen molar-refractivity contribution < 1.29 is 4.39 Å². The molecule has 1 rings (SSSR count). The quantitative estimate of drug-likeness (QED) is 0.573. The van der Waals surface area contributed by atoms with E-state index in [4.69, 9.17) is 0 Å². The summed E-state index contributed by atoms with van der Waals surface area (Å²) in [6.07, 6.45) is 1.85. The number of nitrogens with zero attached hydrogens (tertiary/aromatic N) is 1. The fourth-order valence-electron chi connectivity index (χ4n) is 1.52. The summed E-state index contributed by atoms with van der Waals surface area (Å²) < 4.78 is 13.1. The average Bonchev–Trinajstić information content (AvgIpc) is 2.12. The summed E-state index contributed by atoms with van der Waals surface area (Å²) >= 11 is 0. The van der Waals surface area contributed by atoms with E-state index < -0.39 is 5.67 Å². The Morgan fingerprint density at radius 3 is 2.70 bits per heavy atom. The lowest BCUT2D eigenvalue weighted by molar-refractivity contribution is 0.189. The highest BCUT2D eigenvalue weighted by Gasteiger charge is 2.32. The van der Waals surface area contributed by atoms with Gasteiger partial charge in [0.2, 0.25) is 0 Å². The molecule has 2 heteroatoms. The van der Waals surface area contributed by atoms with Crippen LogP contribution in [0.5, 0.6) is 0 Å². The zero-order valence-corrected chi connectivity index (χ0v) is 6.86. The van der Waals surface area contributed by atoms with Crippen molar-refractivity contribution in [3.05, 3.63) is 0 Å². The molecule has 0 N–H and O–H groups in total. The Bertz CT molecular complexity index is 112. The van der Waals surface area contributed by atoms with Crippen LogP contribution in [0.15, 0.2) is 0 Å². The molecule has 1 atom stereocenters. The number of hydrogen-bond acceptors (Lipinski definition) is 1. The van der Waals surface area contributed by atoms with E-state index in [9.17, 15) is 4.39 Å². The van der Waals surface area contributed by atoms with Crippen molar-refractivity contribution in [2.45, 2.75) is 32.4 Å². The van der Waals surface area contributed by atoms with Crippen molar-refractivity contribution in [3.8, 4) is 0 Å². The van der Waals surface area contributed by atoms with Crippen molar-refractivity contribution in [3.63, 3.8) is 0 Å². The summed E-state index contributed by atoms with van der Waals surface area (Å²) in [6.45, 7) is 6.47. The van der Waals surface area contributed by atoms with Crippen LogP contribution in [-0.2, 0) is 0 Å². The van der Waals surface area contributed by atoms with Crippen molar-refractivity contribution in [1.82, 2.24) is 4.90 Å². The highest BCUT2D eigenvalue weighted by atomic mass is 19.1. The molecule has 1 aliphatic rings. The predicted molar refractivity (Wildman–Crippen MR) is 40.9 cm³/mol. The molecule has 1 fully saturated rings. The Kier molecular flexibility index (Phi) is 2.29. The first-order chi connectivity index (χ1) is 4.64. The lowest BCUT2D eigenvalue weighted by Gasteiger charge is -2.15. The van der Waals surface area contributed by atoms with Crippen molar-refractivity contribution in [2.24, 2.45) is 0 Å². The standard InChI is InChI=1S/C8H16FN/c1-3-5-10-6-4-8(2,9)7-10/h3-7H2,1-2H3/t8-/m0/s1. The topological polar surface area (TPSA) is 3.24 Å². The maximum Gasteiger partial charge on any atom is 0.122 e. The van der Waals surface area contributed by atoms with Gasteiger partial charge in [0.1, 0.15) is 5.67 Å². The first-order valence-corrected chi connectivity index (χ1v) is 4.05. The van der Waals surface area contributed by atoms with Gasteiger partial charge >= 0.3 is 0 Å². The van der Waals surface area contributed by atoms with Crippen LogP contribution in [0.2, 0.25) is 0 Å². The van der Waals surface area contributed by atoms with Crippen molar-refractivity contribution in [1.29, 1.82) is 0 Å². The highest BCUT2D eigenvalue weighted by molar-refractivity contribution is 4.85. The molecule has 10 heavy (non-hydrogen) atoms. The highest BCUT2D eigenvalue weighted by Crippen LogP contribution is 2.24. The minimum Gasteiger partial charge on any atom is -0.300 e. The summed E-state index contributed by atoms with van der Waals surface area (Å²) in [5.41, 5.74) is -0.908. The van der Waals surface area contributed by atoms with E-state index in [1.165, 1.54) is 0 Å². The predicted octanol–water partition coefficient (Wildman–Crippen LogP) is 1.83. The van der Waals surface area contributed by atoms with Crippen molar-refractivity contribution >= 4 is 0 Å². The number of halogens is 1. The van der Waals surface area contributed by atoms with E-state index in [2.05, 4.69) is 11.8 Å². The molecule has 1 saturated heterocycles. The normalized spacial score (nSPS) is 35.1. The SMILES string of the molecule is CCCN1CC[C@](C)(F)C1. The molecule has 1 nitrogen and oxygen atoms in total. The molecule has 0 bridgehead atoms. The maximum atomic E-state index is 13.1. The molecule has 0 unspecified atom stereocenters. The van der Waals surface area contributed by atoms with Gasteiger partial charge in [0, 0.05) is 13.1 Å². The number of hydrogen-bond donors (Lipinski definition) is 0. The molecule has 1 heterocycles. The third-order valence-corrected chi connectivity index (χ3v) is 2.04. The van der Waals surface area contributed by atoms with E-state index in [1.54, 1.807) is 6.92 Å². The number of rotatable bonds is 2. The van der Waals surface area contributed by atoms with Crippen LogP contribution in [0.3, 0.4) is 0 Å². The molecule has 60 valence electrons. The van der Waals surface area contributed by atoms with E-state index in [-0.39, 0.29) is 0 Å². The largest absolute Gasteiger partial charge is 0.300 e. The summed E-state index contributed by atoms with van der Waals surface area (Å²) in [7, 11) is 0. The summed E-state index contributed by atoms with van der Waals surface area (Å²) in [5, 5.41) is 0. The van der Waals surface area contributed by atoms with Crippen LogP contribution in [0.1, 0.15) is 26.7 Å². The van der Waals surface area contributed by atoms with Gasteiger partial charge < -0.3 is 4.90 Å². The zero-order valence-electron chi connectivity index (χ0n) is 6.86. The van der Waals surface area contributed by atoms with Crippen LogP contribution in [0.4, 0.5) is 4.39 Å². The van der Waals surface area contributed by atoms with Gasteiger partial charge in [-0.1, -0.05) is 6.92 Å². The molecule has 1 aliphatic heterocycles. The molecular formula is C8H16FN. The van der Waals surface area contributed by atoms with Gasteiger partial charge in [-0.25, -0.2) is 4.39 Å². The third kappa shape index (κ3) is 1.94. The lowest BCUT2D eigenvalue weighted by Crippen LogP contribution is -2.26. The van der Waals surface area contributed by atoms with Crippen molar-refractivity contribution in [2.75, 3.05) is 19.6 Å². The summed E-state index contributed by atoms with van der Waals surface area (Å²) in [6, 6.07) is 0. The molecule has 0 radical (unpaired) electrons. The van der Waals surface area contributed by atoms with Gasteiger partial charge in [-0.05, 0) is 26.3 Å². The average molecular weight is 145 g/mol. The van der Waals surface area contributed by atoms with Crippen LogP contribution in [0, 0.1) is 0 Å². The monoisotopic (exact) mass is 145 g/mol. The van der Waals surface area contributed by atoms with Gasteiger partial charge in [0.25, 0.3) is 0 Å². The molecule has 0 aliphatic carbocycles. The Morgan fingerprint density at radius 1 is 1.60 bits per heavy atom. The molecule has 0 spiro atoms. The van der Waals surface area contributed by atoms with Crippen LogP contribution >= 0.6 is 0 Å². The molecule has 0 aromatic heterocycles. The van der Waals surface area contributed by atoms with Gasteiger partial charge in [0.15, 0.2) is 0 Å². The fourth-order valence-corrected chi connectivity index (χ4v) is 1.52. The Morgan fingerprint density at radius 2 is 2.30 bits per heavy atom. The molecule has 0 saturated carbocycles. The second-order valence-corrected chi connectivity index (χ2v) is 3.44. The first kappa shape index (κ1) is 7.99. The lowest BCUT2D eigenvalue weighted by atomic mass is 10.1. The fraction of sp³-hybridized carbons (Fsp3) is 1.00. The van der Waals surface area contributed by atoms with E-state index in [0.29, 0.717) is 13.0 Å². The first-order valence-electron chi connectivity index (χ1n) is 4.05. The van der Waals surface area contributed by atoms with Crippen LogP contribution in [-0.4, -0.2) is 30.2 Å². The Balaban J connectivity index is 2.29. The van der Waals surface area contributed by atoms with Gasteiger partial charge in [-0.15, -0.1) is 0 Å². The second-order valence-electron chi connectivity index (χ2n) is 3.44. The third-order valence-electron chi connectivity index (χ3n) is 2.04. The second kappa shape index (κ2) is 2.87. The van der Waals surface area contributed by atoms with Gasteiger partial charge in [-0.3, -0.25) is 0 Å². The molecule has 0 aromatic carbocycles. The van der Waals surface area contributed by atoms with E-state index >= 15 is 0 Å². The molecular weight excluding hydrogens is 129 g/mol. The number of likely N-dealkylation sites (tertiary alicyclic amines) is 1. The van der Waals surface area contributed by atoms with Gasteiger partial charge in [0.05, 0.1) is 0 Å². The molecule has 0 amide bonds. The van der Waals surface area contributed by atoms with Gasteiger partial charge in [-0.2, -0.15) is 0 Å². The molecule has 0 aromatic rings. The zero-order chi connectivity index (χ0) is 7.61. The summed E-state index contributed by atoms with van der Waals surface area (Å²) in [5.74, 6) is 0. The minimum absolute atomic E-state index is 0.640. The minimum atomic E-state index is -0.908. The van der Waals surface area contributed by atoms with E-state index in [0.717, 1.165) is 19.5 Å². The Hall–Kier alpha value is -0.110. The number of alkyl halides is 1. The maximum absolute atomic E-state index is 13.1.